The predicted molar refractivity (Wildman–Crippen MR) is 105 cm³/mol. The van der Waals surface area contributed by atoms with E-state index in [1.807, 2.05) is 6.07 Å². The molecular formula is C20H20N4O2S. The lowest BCUT2D eigenvalue weighted by Gasteiger charge is -2.25. The number of benzene rings is 1. The molecule has 0 spiro atoms. The molecule has 4 rings (SSSR count). The highest BCUT2D eigenvalue weighted by Gasteiger charge is 2.22. The molecule has 2 aromatic heterocycles. The number of thiazole rings is 1. The van der Waals surface area contributed by atoms with E-state index in [9.17, 15) is 9.59 Å². The number of hydrogen-bond donors (Lipinski definition) is 2. The van der Waals surface area contributed by atoms with Crippen LogP contribution in [-0.4, -0.2) is 33.1 Å². The Morgan fingerprint density at radius 3 is 2.85 bits per heavy atom. The van der Waals surface area contributed by atoms with Crippen molar-refractivity contribution in [2.45, 2.75) is 26.4 Å². The summed E-state index contributed by atoms with van der Waals surface area (Å²) >= 11 is 1.52. The molecule has 138 valence electrons. The number of rotatable bonds is 5. The van der Waals surface area contributed by atoms with Gasteiger partial charge in [0.05, 0.1) is 5.69 Å². The number of nitrogens with zero attached hydrogens (tertiary/aromatic N) is 2. The van der Waals surface area contributed by atoms with Gasteiger partial charge in [-0.15, -0.1) is 11.3 Å². The number of fused-ring (bicyclic) bond motifs is 1. The maximum atomic E-state index is 12.4. The van der Waals surface area contributed by atoms with Crippen LogP contribution in [0.3, 0.4) is 0 Å². The Morgan fingerprint density at radius 2 is 2.11 bits per heavy atom. The van der Waals surface area contributed by atoms with Gasteiger partial charge in [0.15, 0.2) is 10.9 Å². The predicted octanol–water partition coefficient (Wildman–Crippen LogP) is 3.48. The average Bonchev–Trinajstić information content (AvgIpc) is 3.29. The molecule has 0 aliphatic carbocycles. The summed E-state index contributed by atoms with van der Waals surface area (Å²) in [7, 11) is 0. The Labute approximate surface area is 161 Å². The number of anilines is 1. The molecule has 0 atom stereocenters. The van der Waals surface area contributed by atoms with Gasteiger partial charge in [0.1, 0.15) is 5.69 Å². The van der Waals surface area contributed by atoms with Crippen molar-refractivity contribution in [1.82, 2.24) is 14.9 Å². The Hall–Kier alpha value is -2.77. The molecule has 0 saturated heterocycles. The van der Waals surface area contributed by atoms with Gasteiger partial charge >= 0.3 is 0 Å². The second kappa shape index (κ2) is 7.46. The fourth-order valence-electron chi connectivity index (χ4n) is 3.17. The van der Waals surface area contributed by atoms with Crippen LogP contribution in [0, 0.1) is 0 Å². The van der Waals surface area contributed by atoms with E-state index >= 15 is 0 Å². The zero-order valence-corrected chi connectivity index (χ0v) is 15.8. The van der Waals surface area contributed by atoms with Gasteiger partial charge in [-0.1, -0.05) is 30.3 Å². The highest BCUT2D eigenvalue weighted by atomic mass is 32.1. The molecule has 27 heavy (non-hydrogen) atoms. The number of aromatic amines is 1. The lowest BCUT2D eigenvalue weighted by Crippen LogP contribution is -2.29. The normalized spacial score (nSPS) is 14.0. The van der Waals surface area contributed by atoms with E-state index in [1.165, 1.54) is 28.7 Å². The second-order valence-electron chi connectivity index (χ2n) is 6.65. The van der Waals surface area contributed by atoms with Crippen molar-refractivity contribution in [1.29, 1.82) is 0 Å². The summed E-state index contributed by atoms with van der Waals surface area (Å²) in [6.45, 7) is 4.18. The summed E-state index contributed by atoms with van der Waals surface area (Å²) in [5, 5.41) is 3.44. The fourth-order valence-corrected chi connectivity index (χ4v) is 4.22. The number of Topliss-reactive ketones (excluding diaryl/α,β-unsaturated/α-hetero) is 1. The van der Waals surface area contributed by atoms with Gasteiger partial charge in [0, 0.05) is 42.7 Å². The van der Waals surface area contributed by atoms with Crippen LogP contribution < -0.4 is 5.32 Å². The number of aromatic nitrogens is 2. The standard InChI is InChI=1S/C20H20N4O2S/c1-13(25)15-9-17(21-10-15)19(26)23-20-22-16-7-8-24(12-18(16)27-20)11-14-5-3-2-4-6-14/h2-6,9-10,21H,7-8,11-12H2,1H3,(H,22,23,26). The van der Waals surface area contributed by atoms with Crippen LogP contribution >= 0.6 is 11.3 Å². The molecule has 0 unspecified atom stereocenters. The number of ketones is 1. The van der Waals surface area contributed by atoms with Crippen molar-refractivity contribution in [3.63, 3.8) is 0 Å². The first-order chi connectivity index (χ1) is 13.1. The maximum Gasteiger partial charge on any atom is 0.273 e. The molecule has 3 aromatic rings. The zero-order valence-electron chi connectivity index (χ0n) is 15.0. The first kappa shape index (κ1) is 17.6. The summed E-state index contributed by atoms with van der Waals surface area (Å²) < 4.78 is 0. The third-order valence-electron chi connectivity index (χ3n) is 4.61. The minimum Gasteiger partial charge on any atom is -0.356 e. The van der Waals surface area contributed by atoms with E-state index in [-0.39, 0.29) is 11.7 Å². The maximum absolute atomic E-state index is 12.4. The van der Waals surface area contributed by atoms with Gasteiger partial charge in [-0.2, -0.15) is 0 Å². The highest BCUT2D eigenvalue weighted by Crippen LogP contribution is 2.29. The third kappa shape index (κ3) is 3.99. The van der Waals surface area contributed by atoms with Gasteiger partial charge in [0.25, 0.3) is 5.91 Å². The Kier molecular flexibility index (Phi) is 4.87. The Morgan fingerprint density at radius 1 is 1.30 bits per heavy atom. The van der Waals surface area contributed by atoms with Crippen molar-refractivity contribution >= 4 is 28.2 Å². The molecule has 7 heteroatoms. The molecule has 1 amide bonds. The minimum absolute atomic E-state index is 0.0754. The quantitative estimate of drug-likeness (QED) is 0.664. The lowest BCUT2D eigenvalue weighted by molar-refractivity contribution is 0.101. The van der Waals surface area contributed by atoms with Gasteiger partial charge < -0.3 is 4.98 Å². The summed E-state index contributed by atoms with van der Waals surface area (Å²) in [4.78, 5) is 34.7. The first-order valence-electron chi connectivity index (χ1n) is 8.84. The molecule has 1 aliphatic heterocycles. The van der Waals surface area contributed by atoms with E-state index < -0.39 is 0 Å². The van der Waals surface area contributed by atoms with Crippen molar-refractivity contribution in [3.8, 4) is 0 Å². The number of carbonyl (C=O) groups is 2. The van der Waals surface area contributed by atoms with Crippen LogP contribution in [0.4, 0.5) is 5.13 Å². The van der Waals surface area contributed by atoms with Crippen molar-refractivity contribution in [2.24, 2.45) is 0 Å². The largest absolute Gasteiger partial charge is 0.356 e. The van der Waals surface area contributed by atoms with Crippen molar-refractivity contribution in [2.75, 3.05) is 11.9 Å². The van der Waals surface area contributed by atoms with Gasteiger partial charge in [-0.3, -0.25) is 19.8 Å². The van der Waals surface area contributed by atoms with Crippen LogP contribution in [0.2, 0.25) is 0 Å². The van der Waals surface area contributed by atoms with E-state index in [0.717, 1.165) is 31.7 Å². The minimum atomic E-state index is -0.283. The molecule has 0 fully saturated rings. The van der Waals surface area contributed by atoms with Crippen LogP contribution in [-0.2, 0) is 19.5 Å². The molecule has 0 saturated carbocycles. The molecule has 1 aromatic carbocycles. The molecule has 1 aliphatic rings. The topological polar surface area (TPSA) is 78.1 Å². The van der Waals surface area contributed by atoms with Gasteiger partial charge in [0.2, 0.25) is 0 Å². The average molecular weight is 380 g/mol. The number of nitrogens with one attached hydrogen (secondary N) is 2. The van der Waals surface area contributed by atoms with E-state index in [4.69, 9.17) is 0 Å². The lowest BCUT2D eigenvalue weighted by atomic mass is 10.1. The van der Waals surface area contributed by atoms with E-state index in [0.29, 0.717) is 16.4 Å². The van der Waals surface area contributed by atoms with E-state index in [1.54, 1.807) is 12.3 Å². The van der Waals surface area contributed by atoms with Crippen molar-refractivity contribution < 1.29 is 9.59 Å². The number of amides is 1. The van der Waals surface area contributed by atoms with Gasteiger partial charge in [-0.25, -0.2) is 4.98 Å². The van der Waals surface area contributed by atoms with E-state index in [2.05, 4.69) is 44.5 Å². The Bertz CT molecular complexity index is 977. The smallest absolute Gasteiger partial charge is 0.273 e. The third-order valence-corrected chi connectivity index (χ3v) is 5.61. The zero-order chi connectivity index (χ0) is 18.8. The monoisotopic (exact) mass is 380 g/mol. The summed E-state index contributed by atoms with van der Waals surface area (Å²) in [6, 6.07) is 12.0. The molecule has 0 radical (unpaired) electrons. The van der Waals surface area contributed by atoms with Crippen LogP contribution in [0.15, 0.2) is 42.6 Å². The van der Waals surface area contributed by atoms with Crippen molar-refractivity contribution in [3.05, 3.63) is 70.0 Å². The van der Waals surface area contributed by atoms with Crippen LogP contribution in [0.1, 0.15) is 43.9 Å². The number of hydrogen-bond acceptors (Lipinski definition) is 5. The highest BCUT2D eigenvalue weighted by molar-refractivity contribution is 7.15. The Balaban J connectivity index is 1.42. The molecule has 2 N–H and O–H groups in total. The van der Waals surface area contributed by atoms with Crippen LogP contribution in [0.25, 0.3) is 0 Å². The molecule has 6 nitrogen and oxygen atoms in total. The fraction of sp³-hybridized carbons (Fsp3) is 0.250. The second-order valence-corrected chi connectivity index (χ2v) is 7.73. The summed E-state index contributed by atoms with van der Waals surface area (Å²) in [5.41, 5.74) is 3.22. The summed E-state index contributed by atoms with van der Waals surface area (Å²) in [5.74, 6) is -0.358. The molecular weight excluding hydrogens is 360 g/mol. The number of H-pyrrole nitrogens is 1. The molecule has 3 heterocycles. The number of carbonyl (C=O) groups excluding carboxylic acids is 2. The molecule has 0 bridgehead atoms. The summed E-state index contributed by atoms with van der Waals surface area (Å²) in [6.07, 6.45) is 2.43. The van der Waals surface area contributed by atoms with Crippen LogP contribution in [0.5, 0.6) is 0 Å². The SMILES string of the molecule is CC(=O)c1c[nH]c(C(=O)Nc2nc3c(s2)CN(Cc2ccccc2)CC3)c1. The first-order valence-corrected chi connectivity index (χ1v) is 9.65. The van der Waals surface area contributed by atoms with Gasteiger partial charge in [-0.05, 0) is 18.6 Å².